The monoisotopic (exact) mass is 308 g/mol. The molecule has 118 valence electrons. The van der Waals surface area contributed by atoms with Gasteiger partial charge in [0.2, 0.25) is 0 Å². The second-order valence-electron chi connectivity index (χ2n) is 5.50. The highest BCUT2D eigenvalue weighted by Crippen LogP contribution is 2.12. The van der Waals surface area contributed by atoms with Crippen LogP contribution in [0.5, 0.6) is 5.75 Å². The van der Waals surface area contributed by atoms with Gasteiger partial charge in [-0.15, -0.1) is 0 Å². The molecule has 1 aromatic carbocycles. The second kappa shape index (κ2) is 9.74. The molecule has 0 amide bonds. The molecule has 0 fully saturated rings. The summed E-state index contributed by atoms with van der Waals surface area (Å²) in [6.45, 7) is 10.9. The first-order chi connectivity index (χ1) is 10.1. The molecule has 0 spiro atoms. The largest absolute Gasteiger partial charge is 0.494 e. The summed E-state index contributed by atoms with van der Waals surface area (Å²) in [6.07, 6.45) is 2.28. The number of ether oxygens (including phenoxy) is 1. The molecule has 0 radical (unpaired) electrons. The number of benzene rings is 1. The third-order valence-electron chi connectivity index (χ3n) is 3.74. The van der Waals surface area contributed by atoms with Crippen LogP contribution in [0.15, 0.2) is 24.3 Å². The fourth-order valence-corrected chi connectivity index (χ4v) is 2.28. The van der Waals surface area contributed by atoms with Gasteiger partial charge in [-0.3, -0.25) is 0 Å². The quantitative estimate of drug-likeness (QED) is 0.531. The first-order valence-corrected chi connectivity index (χ1v) is 8.22. The van der Waals surface area contributed by atoms with Crippen LogP contribution in [0.25, 0.3) is 0 Å². The first-order valence-electron chi connectivity index (χ1n) is 7.81. The third kappa shape index (κ3) is 6.91. The third-order valence-corrected chi connectivity index (χ3v) is 3.98. The average molecular weight is 308 g/mol. The van der Waals surface area contributed by atoms with Gasteiger partial charge in [-0.1, -0.05) is 39.4 Å². The number of thiocarbonyl (C=S) groups is 1. The van der Waals surface area contributed by atoms with Gasteiger partial charge in [-0.25, -0.2) is 0 Å². The predicted molar refractivity (Wildman–Crippen MR) is 94.0 cm³/mol. The molecule has 0 saturated carbocycles. The van der Waals surface area contributed by atoms with Crippen LogP contribution in [0.3, 0.4) is 0 Å². The Bertz CT molecular complexity index is 419. The second-order valence-corrected chi connectivity index (χ2v) is 5.94. The van der Waals surface area contributed by atoms with Crippen LogP contribution in [-0.4, -0.2) is 36.1 Å². The summed E-state index contributed by atoms with van der Waals surface area (Å²) < 4.78 is 5.76. The minimum atomic E-state index is 0.421. The van der Waals surface area contributed by atoms with Gasteiger partial charge in [-0.05, 0) is 43.1 Å². The lowest BCUT2D eigenvalue weighted by molar-refractivity contribution is 0.217. The normalized spacial score (nSPS) is 12.4. The van der Waals surface area contributed by atoms with Crippen molar-refractivity contribution in [2.75, 3.05) is 26.2 Å². The number of nitrogens with two attached hydrogens (primary N) is 1. The fraction of sp³-hybridized carbons (Fsp3) is 0.588. The van der Waals surface area contributed by atoms with Crippen LogP contribution in [0.1, 0.15) is 39.2 Å². The molecule has 1 unspecified atom stereocenters. The highest BCUT2D eigenvalue weighted by Gasteiger charge is 2.06. The highest BCUT2D eigenvalue weighted by molar-refractivity contribution is 7.80. The number of hydrogen-bond acceptors (Lipinski definition) is 3. The van der Waals surface area contributed by atoms with Crippen LogP contribution in [-0.2, 0) is 0 Å². The summed E-state index contributed by atoms with van der Waals surface area (Å²) in [5.41, 5.74) is 6.45. The van der Waals surface area contributed by atoms with E-state index in [1.807, 2.05) is 24.3 Å². The van der Waals surface area contributed by atoms with E-state index in [2.05, 4.69) is 25.7 Å². The minimum absolute atomic E-state index is 0.421. The molecule has 0 aliphatic rings. The Kier molecular flexibility index (Phi) is 8.31. The van der Waals surface area contributed by atoms with Crippen molar-refractivity contribution in [3.8, 4) is 5.75 Å². The number of rotatable bonds is 10. The van der Waals surface area contributed by atoms with Crippen molar-refractivity contribution >= 4 is 17.2 Å². The van der Waals surface area contributed by atoms with E-state index >= 15 is 0 Å². The predicted octanol–water partition coefficient (Wildman–Crippen LogP) is 3.46. The highest BCUT2D eigenvalue weighted by atomic mass is 32.1. The zero-order chi connectivity index (χ0) is 15.7. The van der Waals surface area contributed by atoms with Crippen molar-refractivity contribution in [3.05, 3.63) is 29.8 Å². The van der Waals surface area contributed by atoms with Crippen LogP contribution in [0.4, 0.5) is 0 Å². The van der Waals surface area contributed by atoms with Gasteiger partial charge in [0, 0.05) is 18.7 Å². The van der Waals surface area contributed by atoms with E-state index in [0.717, 1.165) is 43.3 Å². The zero-order valence-corrected chi connectivity index (χ0v) is 14.3. The standard InChI is InChI=1S/C17H28N2OS/c1-4-14(3)13-19(5-2)11-6-12-20-16-9-7-15(8-10-16)17(18)21/h7-10,14H,4-6,11-13H2,1-3H3,(H2,18,21). The van der Waals surface area contributed by atoms with Gasteiger partial charge in [0.1, 0.15) is 10.7 Å². The van der Waals surface area contributed by atoms with E-state index in [-0.39, 0.29) is 0 Å². The summed E-state index contributed by atoms with van der Waals surface area (Å²) >= 11 is 4.93. The molecule has 21 heavy (non-hydrogen) atoms. The van der Waals surface area contributed by atoms with Gasteiger partial charge in [-0.2, -0.15) is 0 Å². The molecular formula is C17H28N2OS. The van der Waals surface area contributed by atoms with E-state index in [4.69, 9.17) is 22.7 Å². The molecule has 0 aromatic heterocycles. The summed E-state index contributed by atoms with van der Waals surface area (Å²) in [5, 5.41) is 0. The van der Waals surface area contributed by atoms with Crippen molar-refractivity contribution < 1.29 is 4.74 Å². The van der Waals surface area contributed by atoms with Crippen molar-refractivity contribution in [3.63, 3.8) is 0 Å². The zero-order valence-electron chi connectivity index (χ0n) is 13.5. The maximum atomic E-state index is 5.76. The lowest BCUT2D eigenvalue weighted by Crippen LogP contribution is -2.30. The minimum Gasteiger partial charge on any atom is -0.494 e. The van der Waals surface area contributed by atoms with Crippen molar-refractivity contribution in [2.45, 2.75) is 33.6 Å². The molecule has 3 nitrogen and oxygen atoms in total. The van der Waals surface area contributed by atoms with E-state index in [1.54, 1.807) is 0 Å². The maximum Gasteiger partial charge on any atom is 0.119 e. The summed E-state index contributed by atoms with van der Waals surface area (Å²) in [4.78, 5) is 2.91. The van der Waals surface area contributed by atoms with E-state index in [1.165, 1.54) is 13.0 Å². The van der Waals surface area contributed by atoms with Crippen LogP contribution in [0.2, 0.25) is 0 Å². The van der Waals surface area contributed by atoms with E-state index < -0.39 is 0 Å². The van der Waals surface area contributed by atoms with E-state index in [0.29, 0.717) is 4.99 Å². The summed E-state index contributed by atoms with van der Waals surface area (Å²) in [5.74, 6) is 1.64. The van der Waals surface area contributed by atoms with Gasteiger partial charge in [0.25, 0.3) is 0 Å². The molecule has 1 rings (SSSR count). The van der Waals surface area contributed by atoms with Gasteiger partial charge >= 0.3 is 0 Å². The van der Waals surface area contributed by atoms with Crippen LogP contribution < -0.4 is 10.5 Å². The maximum absolute atomic E-state index is 5.76. The lowest BCUT2D eigenvalue weighted by Gasteiger charge is -2.23. The van der Waals surface area contributed by atoms with Gasteiger partial charge in [0.15, 0.2) is 0 Å². The van der Waals surface area contributed by atoms with Gasteiger partial charge in [0.05, 0.1) is 6.61 Å². The van der Waals surface area contributed by atoms with Crippen molar-refractivity contribution in [2.24, 2.45) is 11.7 Å². The Labute approximate surface area is 134 Å². The van der Waals surface area contributed by atoms with Crippen molar-refractivity contribution in [1.82, 2.24) is 4.90 Å². The molecule has 0 saturated heterocycles. The molecule has 0 bridgehead atoms. The van der Waals surface area contributed by atoms with Crippen LogP contribution in [0, 0.1) is 5.92 Å². The van der Waals surface area contributed by atoms with E-state index in [9.17, 15) is 0 Å². The Hall–Kier alpha value is -1.13. The van der Waals surface area contributed by atoms with Gasteiger partial charge < -0.3 is 15.4 Å². The molecular weight excluding hydrogens is 280 g/mol. The van der Waals surface area contributed by atoms with Crippen molar-refractivity contribution in [1.29, 1.82) is 0 Å². The number of nitrogens with zero attached hydrogens (tertiary/aromatic N) is 1. The summed E-state index contributed by atoms with van der Waals surface area (Å²) in [6, 6.07) is 7.65. The molecule has 1 aromatic rings. The Morgan fingerprint density at radius 3 is 2.48 bits per heavy atom. The SMILES string of the molecule is CCC(C)CN(CC)CCCOc1ccc(C(N)=S)cc1. The van der Waals surface area contributed by atoms with Crippen LogP contribution >= 0.6 is 12.2 Å². The summed E-state index contributed by atoms with van der Waals surface area (Å²) in [7, 11) is 0. The smallest absolute Gasteiger partial charge is 0.119 e. The Morgan fingerprint density at radius 2 is 1.95 bits per heavy atom. The Morgan fingerprint density at radius 1 is 1.29 bits per heavy atom. The molecule has 2 N–H and O–H groups in total. The molecule has 1 atom stereocenters. The average Bonchev–Trinajstić information content (AvgIpc) is 2.50. The lowest BCUT2D eigenvalue weighted by atomic mass is 10.1. The molecule has 0 heterocycles. The molecule has 4 heteroatoms. The molecule has 0 aliphatic heterocycles. The number of hydrogen-bond donors (Lipinski definition) is 1. The topological polar surface area (TPSA) is 38.5 Å². The Balaban J connectivity index is 2.28. The molecule has 0 aliphatic carbocycles. The fourth-order valence-electron chi connectivity index (χ4n) is 2.14. The first kappa shape index (κ1) is 17.9.